The predicted molar refractivity (Wildman–Crippen MR) is 120 cm³/mol. The van der Waals surface area contributed by atoms with E-state index in [1.807, 2.05) is 12.5 Å². The zero-order valence-corrected chi connectivity index (χ0v) is 18.2. The van der Waals surface area contributed by atoms with Crippen molar-refractivity contribution in [3.63, 3.8) is 0 Å². The number of likely N-dealkylation sites (tertiary alicyclic amines) is 1. The van der Waals surface area contributed by atoms with Crippen molar-refractivity contribution < 1.29 is 0 Å². The van der Waals surface area contributed by atoms with E-state index in [1.54, 1.807) is 0 Å². The van der Waals surface area contributed by atoms with E-state index in [9.17, 15) is 0 Å². The van der Waals surface area contributed by atoms with E-state index in [0.29, 0.717) is 12.0 Å². The van der Waals surface area contributed by atoms with Crippen LogP contribution in [0.4, 0.5) is 0 Å². The smallest absolute Gasteiger partial charge is 0.193 e. The first-order valence-corrected chi connectivity index (χ1v) is 10.9. The first-order valence-electron chi connectivity index (χ1n) is 10.9. The fourth-order valence-electron chi connectivity index (χ4n) is 4.02. The van der Waals surface area contributed by atoms with Crippen molar-refractivity contribution >= 4 is 5.96 Å². The molecule has 1 fully saturated rings. The van der Waals surface area contributed by atoms with E-state index in [-0.39, 0.29) is 0 Å². The molecule has 0 spiro atoms. The summed E-state index contributed by atoms with van der Waals surface area (Å²) in [6.45, 7) is 10.3. The van der Waals surface area contributed by atoms with Gasteiger partial charge in [-0.2, -0.15) is 0 Å². The van der Waals surface area contributed by atoms with Gasteiger partial charge in [0.2, 0.25) is 0 Å². The zero-order chi connectivity index (χ0) is 20.5. The Labute approximate surface area is 175 Å². The van der Waals surface area contributed by atoms with Crippen LogP contribution in [0.3, 0.4) is 0 Å². The van der Waals surface area contributed by atoms with Crippen LogP contribution >= 0.6 is 0 Å². The van der Waals surface area contributed by atoms with Crippen molar-refractivity contribution in [3.8, 4) is 0 Å². The van der Waals surface area contributed by atoms with Crippen LogP contribution < -0.4 is 5.32 Å². The van der Waals surface area contributed by atoms with Crippen LogP contribution in [0.25, 0.3) is 0 Å². The predicted octanol–water partition coefficient (Wildman–Crippen LogP) is 3.25. The van der Waals surface area contributed by atoms with Crippen LogP contribution in [-0.2, 0) is 6.54 Å². The summed E-state index contributed by atoms with van der Waals surface area (Å²) in [7, 11) is 2.18. The Balaban J connectivity index is 1.51. The van der Waals surface area contributed by atoms with Gasteiger partial charge < -0.3 is 19.7 Å². The van der Waals surface area contributed by atoms with Gasteiger partial charge in [-0.3, -0.25) is 4.99 Å². The van der Waals surface area contributed by atoms with Gasteiger partial charge in [-0.05, 0) is 44.8 Å². The maximum atomic E-state index is 4.94. The minimum Gasteiger partial charge on any atom is -0.357 e. The topological polar surface area (TPSA) is 48.7 Å². The molecule has 6 heteroatoms. The standard InChI is InChI=1S/C23H36N6/c1-4-25-23(26-12-8-14-27(3)17-21-9-6-5-7-10-21)28-15-11-20(2)22(18-28)29-16-13-24-19-29/h5-7,9-10,13,16,19-20,22H,4,8,11-12,14-15,17-18H2,1-3H3,(H,25,26). The highest BCUT2D eigenvalue weighted by atomic mass is 15.3. The Morgan fingerprint density at radius 2 is 2.14 bits per heavy atom. The van der Waals surface area contributed by atoms with Gasteiger partial charge in [-0.1, -0.05) is 37.3 Å². The lowest BCUT2D eigenvalue weighted by molar-refractivity contribution is 0.189. The molecule has 158 valence electrons. The molecule has 0 bridgehead atoms. The molecule has 2 unspecified atom stereocenters. The molecule has 2 atom stereocenters. The molecule has 3 rings (SSSR count). The number of nitrogens with zero attached hydrogens (tertiary/aromatic N) is 5. The Morgan fingerprint density at radius 3 is 2.86 bits per heavy atom. The van der Waals surface area contributed by atoms with Crippen molar-refractivity contribution in [2.24, 2.45) is 10.9 Å². The average molecular weight is 397 g/mol. The van der Waals surface area contributed by atoms with Crippen molar-refractivity contribution in [1.29, 1.82) is 0 Å². The van der Waals surface area contributed by atoms with E-state index in [2.05, 4.69) is 82.1 Å². The zero-order valence-electron chi connectivity index (χ0n) is 18.2. The first-order chi connectivity index (χ1) is 14.2. The Hall–Kier alpha value is -2.34. The third-order valence-electron chi connectivity index (χ3n) is 5.72. The lowest BCUT2D eigenvalue weighted by Crippen LogP contribution is -2.49. The molecule has 0 radical (unpaired) electrons. The van der Waals surface area contributed by atoms with Gasteiger partial charge in [0.25, 0.3) is 0 Å². The van der Waals surface area contributed by atoms with Gasteiger partial charge in [0.1, 0.15) is 0 Å². The molecule has 1 aliphatic rings. The van der Waals surface area contributed by atoms with Gasteiger partial charge >= 0.3 is 0 Å². The number of aromatic nitrogens is 2. The number of nitrogens with one attached hydrogen (secondary N) is 1. The number of hydrogen-bond donors (Lipinski definition) is 1. The van der Waals surface area contributed by atoms with E-state index >= 15 is 0 Å². The average Bonchev–Trinajstić information content (AvgIpc) is 3.26. The minimum absolute atomic E-state index is 0.451. The lowest BCUT2D eigenvalue weighted by atomic mass is 9.93. The van der Waals surface area contributed by atoms with Crippen LogP contribution in [-0.4, -0.2) is 65.1 Å². The van der Waals surface area contributed by atoms with Crippen LogP contribution in [0.1, 0.15) is 38.3 Å². The molecule has 2 aromatic rings. The summed E-state index contributed by atoms with van der Waals surface area (Å²) in [6.07, 6.45) is 8.13. The lowest BCUT2D eigenvalue weighted by Gasteiger charge is -2.39. The summed E-state index contributed by atoms with van der Waals surface area (Å²) < 4.78 is 2.25. The van der Waals surface area contributed by atoms with Gasteiger partial charge in [-0.15, -0.1) is 0 Å². The molecular weight excluding hydrogens is 360 g/mol. The van der Waals surface area contributed by atoms with E-state index < -0.39 is 0 Å². The van der Waals surface area contributed by atoms with Crippen LogP contribution in [0, 0.1) is 5.92 Å². The molecule has 0 aliphatic carbocycles. The fraction of sp³-hybridized carbons (Fsp3) is 0.565. The maximum absolute atomic E-state index is 4.94. The summed E-state index contributed by atoms with van der Waals surface area (Å²) in [5.74, 6) is 1.70. The van der Waals surface area contributed by atoms with Gasteiger partial charge in [-0.25, -0.2) is 4.98 Å². The van der Waals surface area contributed by atoms with Crippen molar-refractivity contribution in [1.82, 2.24) is 24.7 Å². The van der Waals surface area contributed by atoms with E-state index in [0.717, 1.165) is 51.6 Å². The molecule has 1 aromatic carbocycles. The molecule has 6 nitrogen and oxygen atoms in total. The number of aliphatic imine (C=N–C) groups is 1. The van der Waals surface area contributed by atoms with Crippen molar-refractivity contribution in [2.45, 2.75) is 39.3 Å². The molecule has 1 aromatic heterocycles. The second-order valence-corrected chi connectivity index (χ2v) is 8.10. The van der Waals surface area contributed by atoms with Gasteiger partial charge in [0.15, 0.2) is 5.96 Å². The Morgan fingerprint density at radius 1 is 1.31 bits per heavy atom. The van der Waals surface area contributed by atoms with Crippen molar-refractivity contribution in [2.75, 3.05) is 39.8 Å². The molecule has 1 N–H and O–H groups in total. The number of guanidine groups is 1. The molecular formula is C23H36N6. The summed E-state index contributed by atoms with van der Waals surface area (Å²) in [6, 6.07) is 11.1. The molecule has 1 saturated heterocycles. The Kier molecular flexibility index (Phi) is 8.11. The second-order valence-electron chi connectivity index (χ2n) is 8.10. The second kappa shape index (κ2) is 11.0. The first kappa shape index (κ1) is 21.4. The quantitative estimate of drug-likeness (QED) is 0.423. The highest BCUT2D eigenvalue weighted by Gasteiger charge is 2.28. The summed E-state index contributed by atoms with van der Waals surface area (Å²) >= 11 is 0. The van der Waals surface area contributed by atoms with E-state index in [4.69, 9.17) is 4.99 Å². The number of rotatable bonds is 8. The molecule has 0 amide bonds. The van der Waals surface area contributed by atoms with Gasteiger partial charge in [0, 0.05) is 45.1 Å². The highest BCUT2D eigenvalue weighted by molar-refractivity contribution is 5.80. The van der Waals surface area contributed by atoms with E-state index in [1.165, 1.54) is 12.0 Å². The highest BCUT2D eigenvalue weighted by Crippen LogP contribution is 2.27. The number of benzene rings is 1. The summed E-state index contributed by atoms with van der Waals surface area (Å²) in [4.78, 5) is 14.0. The fourth-order valence-corrected chi connectivity index (χ4v) is 4.02. The summed E-state index contributed by atoms with van der Waals surface area (Å²) in [5, 5.41) is 3.50. The molecule has 2 heterocycles. The minimum atomic E-state index is 0.451. The third-order valence-corrected chi connectivity index (χ3v) is 5.72. The van der Waals surface area contributed by atoms with Crippen molar-refractivity contribution in [3.05, 3.63) is 54.6 Å². The number of piperidine rings is 1. The molecule has 29 heavy (non-hydrogen) atoms. The normalized spacial score (nSPS) is 20.3. The number of hydrogen-bond acceptors (Lipinski definition) is 3. The SMILES string of the molecule is CCNC(=NCCCN(C)Cc1ccccc1)N1CCC(C)C(n2ccnc2)C1. The van der Waals surface area contributed by atoms with Crippen LogP contribution in [0.15, 0.2) is 54.0 Å². The van der Waals surface area contributed by atoms with Crippen LogP contribution in [0.5, 0.6) is 0 Å². The Bertz CT molecular complexity index is 727. The molecule has 1 aliphatic heterocycles. The monoisotopic (exact) mass is 396 g/mol. The largest absolute Gasteiger partial charge is 0.357 e. The summed E-state index contributed by atoms with van der Waals surface area (Å²) in [5.41, 5.74) is 1.36. The maximum Gasteiger partial charge on any atom is 0.193 e. The van der Waals surface area contributed by atoms with Gasteiger partial charge in [0.05, 0.1) is 12.4 Å². The molecule has 0 saturated carbocycles. The van der Waals surface area contributed by atoms with Crippen LogP contribution in [0.2, 0.25) is 0 Å². The third kappa shape index (κ3) is 6.32. The number of imidazole rings is 1.